The molecule has 0 aliphatic heterocycles. The number of hydrogen-bond donors (Lipinski definition) is 0. The Balaban J connectivity index is 2.54. The van der Waals surface area contributed by atoms with Gasteiger partial charge in [-0.2, -0.15) is 0 Å². The van der Waals surface area contributed by atoms with Crippen molar-refractivity contribution in [2.45, 2.75) is 17.4 Å². The van der Waals surface area contributed by atoms with Crippen LogP contribution < -0.4 is 0 Å². The molecule has 0 spiro atoms. The second-order valence-corrected chi connectivity index (χ2v) is 8.78. The van der Waals surface area contributed by atoms with Crippen molar-refractivity contribution in [1.82, 2.24) is 0 Å². The predicted octanol–water partition coefficient (Wildman–Crippen LogP) is 1.83. The van der Waals surface area contributed by atoms with E-state index >= 15 is 0 Å². The fraction of sp³-hybridized carbons (Fsp3) is 1.00. The minimum atomic E-state index is -0.0301. The molecule has 0 atom stereocenters. The van der Waals surface area contributed by atoms with Gasteiger partial charge in [-0.1, -0.05) is 0 Å². The van der Waals surface area contributed by atoms with E-state index in [-0.39, 0.29) is 21.2 Å². The SMILES string of the molecule is C[CH](C)[Po][Br]. The molecule has 0 rings (SSSR count). The number of halogens is 1. The van der Waals surface area contributed by atoms with E-state index in [4.69, 9.17) is 0 Å². The molecule has 0 unspecified atom stereocenters. The van der Waals surface area contributed by atoms with Crippen molar-refractivity contribution < 1.29 is 0 Å². The van der Waals surface area contributed by atoms with Gasteiger partial charge in [-0.15, -0.1) is 0 Å². The Labute approximate surface area is 50.5 Å². The van der Waals surface area contributed by atoms with Gasteiger partial charge in [-0.05, 0) is 0 Å². The van der Waals surface area contributed by atoms with Crippen LogP contribution in [-0.2, 0) is 0 Å². The molecule has 0 aromatic heterocycles. The molecule has 0 aliphatic rings. The molecule has 0 saturated heterocycles. The van der Waals surface area contributed by atoms with Crippen LogP contribution in [-0.4, -0.2) is 21.2 Å². The van der Waals surface area contributed by atoms with Crippen molar-refractivity contribution in [2.75, 3.05) is 0 Å². The van der Waals surface area contributed by atoms with Crippen LogP contribution in [0.25, 0.3) is 0 Å². The van der Waals surface area contributed by atoms with Gasteiger partial charge in [0.2, 0.25) is 0 Å². The Kier molecular flexibility index (Phi) is 4.54. The van der Waals surface area contributed by atoms with E-state index in [9.17, 15) is 0 Å². The molecule has 0 saturated carbocycles. The number of hydrogen-bond acceptors (Lipinski definition) is 0. The molecule has 5 heavy (non-hydrogen) atoms. The monoisotopic (exact) mass is 331 g/mol. The quantitative estimate of drug-likeness (QED) is 0.687. The van der Waals surface area contributed by atoms with Crippen LogP contribution >= 0.6 is 12.1 Å². The average Bonchev–Trinajstić information content (AvgIpc) is 1.38. The summed E-state index contributed by atoms with van der Waals surface area (Å²) in [5.41, 5.74) is 0. The van der Waals surface area contributed by atoms with Crippen molar-refractivity contribution in [3.63, 3.8) is 0 Å². The maximum absolute atomic E-state index is 3.48. The van der Waals surface area contributed by atoms with Gasteiger partial charge in [0.05, 0.1) is 0 Å². The summed E-state index contributed by atoms with van der Waals surface area (Å²) in [6.45, 7) is 4.50. The normalized spacial score (nSPS) is 9.60. The molecule has 0 N–H and O–H groups in total. The molecule has 0 aromatic rings. The third-order valence-corrected chi connectivity index (χ3v) is 8.12. The van der Waals surface area contributed by atoms with E-state index < -0.39 is 0 Å². The fourth-order valence-electron chi connectivity index (χ4n) is 0. The molecule has 0 heterocycles. The maximum atomic E-state index is 3.48. The molecular weight excluding hydrogens is 325 g/mol. The molecular formula is C3H7BrPo. The van der Waals surface area contributed by atoms with Gasteiger partial charge in [-0.25, -0.2) is 0 Å². The molecule has 0 fully saturated rings. The predicted molar refractivity (Wildman–Crippen MR) is 29.8 cm³/mol. The van der Waals surface area contributed by atoms with Crippen molar-refractivity contribution in [3.8, 4) is 0 Å². The van der Waals surface area contributed by atoms with E-state index in [1.165, 1.54) is 0 Å². The van der Waals surface area contributed by atoms with Crippen LogP contribution in [0.2, 0.25) is 3.58 Å². The minimum absolute atomic E-state index is 0.0301. The first-order valence-electron chi connectivity index (χ1n) is 1.54. The summed E-state index contributed by atoms with van der Waals surface area (Å²) in [4.78, 5) is 0. The van der Waals surface area contributed by atoms with Crippen molar-refractivity contribution in [2.24, 2.45) is 0 Å². The fourth-order valence-corrected chi connectivity index (χ4v) is 0. The van der Waals surface area contributed by atoms with Gasteiger partial charge < -0.3 is 0 Å². The van der Waals surface area contributed by atoms with Crippen LogP contribution in [0.5, 0.6) is 0 Å². The van der Waals surface area contributed by atoms with E-state index in [1.807, 2.05) is 0 Å². The summed E-state index contributed by atoms with van der Waals surface area (Å²) < 4.78 is 0.968. The van der Waals surface area contributed by atoms with Crippen LogP contribution in [0, 0.1) is 0 Å². The summed E-state index contributed by atoms with van der Waals surface area (Å²) in [6, 6.07) is 0. The Hall–Kier alpha value is 1.38. The second kappa shape index (κ2) is 3.56. The zero-order valence-electron chi connectivity index (χ0n) is 3.36. The van der Waals surface area contributed by atoms with Crippen LogP contribution in [0.15, 0.2) is 0 Å². The first-order chi connectivity index (χ1) is 2.27. The molecule has 32 valence electrons. The van der Waals surface area contributed by atoms with Crippen molar-refractivity contribution in [3.05, 3.63) is 0 Å². The summed E-state index contributed by atoms with van der Waals surface area (Å²) in [5.74, 6) is 0. The number of rotatable bonds is 1. The Morgan fingerprint density at radius 2 is 1.80 bits per heavy atom. The third kappa shape index (κ3) is 5.38. The van der Waals surface area contributed by atoms with E-state index in [0.717, 1.165) is 3.58 Å². The summed E-state index contributed by atoms with van der Waals surface area (Å²) >= 11 is 3.45. The van der Waals surface area contributed by atoms with Crippen LogP contribution in [0.4, 0.5) is 0 Å². The third-order valence-electron chi connectivity index (χ3n) is 0.178. The standard InChI is InChI=1S/C3H7.BrH.Po/c1-3-2;;/h3H,1-2H3;1H;/q;;+1/p-1. The van der Waals surface area contributed by atoms with Gasteiger partial charge in [0.25, 0.3) is 0 Å². The molecule has 2 heteroatoms. The average molecular weight is 332 g/mol. The van der Waals surface area contributed by atoms with E-state index in [2.05, 4.69) is 26.0 Å². The van der Waals surface area contributed by atoms with Gasteiger partial charge in [0.15, 0.2) is 0 Å². The summed E-state index contributed by atoms with van der Waals surface area (Å²) in [6.07, 6.45) is 0. The molecule has 0 nitrogen and oxygen atoms in total. The van der Waals surface area contributed by atoms with Gasteiger partial charge >= 0.3 is 50.8 Å². The molecule has 0 amide bonds. The molecule has 0 radical (unpaired) electrons. The van der Waals surface area contributed by atoms with E-state index in [1.54, 1.807) is 0 Å². The zero-order chi connectivity index (χ0) is 4.28. The van der Waals surface area contributed by atoms with Crippen LogP contribution in [0.1, 0.15) is 13.8 Å². The molecule has 0 bridgehead atoms. The summed E-state index contributed by atoms with van der Waals surface area (Å²) in [7, 11) is 0. The molecule has 0 aliphatic carbocycles. The Morgan fingerprint density at radius 1 is 1.60 bits per heavy atom. The van der Waals surface area contributed by atoms with Crippen molar-refractivity contribution >= 4 is 33.3 Å². The topological polar surface area (TPSA) is 0 Å². The Morgan fingerprint density at radius 3 is 1.80 bits per heavy atom. The Bertz CT molecular complexity index is 20.9. The summed E-state index contributed by atoms with van der Waals surface area (Å²) in [5, 5.41) is 0. The van der Waals surface area contributed by atoms with E-state index in [0.29, 0.717) is 0 Å². The van der Waals surface area contributed by atoms with Crippen LogP contribution in [0.3, 0.4) is 0 Å². The zero-order valence-corrected chi connectivity index (χ0v) is 8.12. The first-order valence-corrected chi connectivity index (χ1v) is 10.3. The van der Waals surface area contributed by atoms with Crippen molar-refractivity contribution in [1.29, 1.82) is 0 Å². The first kappa shape index (κ1) is 6.38. The van der Waals surface area contributed by atoms with Gasteiger partial charge in [0, 0.05) is 0 Å². The van der Waals surface area contributed by atoms with Gasteiger partial charge in [0.1, 0.15) is 0 Å². The second-order valence-electron chi connectivity index (χ2n) is 1.14. The molecule has 0 aromatic carbocycles. The van der Waals surface area contributed by atoms with Gasteiger partial charge in [-0.3, -0.25) is 0 Å².